The maximum atomic E-state index is 12.6. The number of carbonyl (C=O) groups is 2. The van der Waals surface area contributed by atoms with Crippen molar-refractivity contribution in [2.75, 3.05) is 0 Å². The summed E-state index contributed by atoms with van der Waals surface area (Å²) in [5.41, 5.74) is 0.429. The summed E-state index contributed by atoms with van der Waals surface area (Å²) in [6, 6.07) is 0. The van der Waals surface area contributed by atoms with E-state index in [1.807, 2.05) is 33.8 Å². The lowest BCUT2D eigenvalue weighted by Crippen LogP contribution is -2.57. The lowest BCUT2D eigenvalue weighted by Gasteiger charge is -2.55. The molecule has 4 rings (SSSR count). The number of esters is 2. The summed E-state index contributed by atoms with van der Waals surface area (Å²) in [6.07, 6.45) is 3.26. The smallest absolute Gasteiger partial charge is 0.331 e. The second-order valence-corrected chi connectivity index (χ2v) is 8.38. The first-order valence-corrected chi connectivity index (χ1v) is 8.73. The Kier molecular flexibility index (Phi) is 3.12. The van der Waals surface area contributed by atoms with E-state index in [-0.39, 0.29) is 36.0 Å². The van der Waals surface area contributed by atoms with Crippen molar-refractivity contribution in [3.05, 3.63) is 23.3 Å². The Labute approximate surface area is 141 Å². The van der Waals surface area contributed by atoms with Gasteiger partial charge < -0.3 is 14.6 Å². The van der Waals surface area contributed by atoms with Crippen molar-refractivity contribution in [2.24, 2.45) is 22.7 Å². The van der Waals surface area contributed by atoms with Crippen LogP contribution in [-0.4, -0.2) is 35.4 Å². The standard InChI is InChI=1S/C19H24O5/c1-9(2)15-10-7-12-16-18(3,17(22)23-12)6-5-13(20)19(16,4)11(10)8-14(21)24-15/h7-9,12-13,15-16,20H,5-6H2,1-4H3/t12-,13-,15?,16?,18+,19+/m1/s1. The van der Waals surface area contributed by atoms with Crippen LogP contribution in [0.3, 0.4) is 0 Å². The van der Waals surface area contributed by atoms with Crippen LogP contribution in [0.25, 0.3) is 0 Å². The van der Waals surface area contributed by atoms with Crippen LogP contribution in [0.1, 0.15) is 40.5 Å². The van der Waals surface area contributed by atoms with E-state index in [4.69, 9.17) is 9.47 Å². The van der Waals surface area contributed by atoms with Crippen LogP contribution in [0.4, 0.5) is 0 Å². The molecule has 2 fully saturated rings. The average Bonchev–Trinajstić information content (AvgIpc) is 2.76. The maximum Gasteiger partial charge on any atom is 0.331 e. The Balaban J connectivity index is 1.95. The third-order valence-electron chi connectivity index (χ3n) is 6.65. The van der Waals surface area contributed by atoms with Gasteiger partial charge in [-0.25, -0.2) is 4.79 Å². The molecule has 5 nitrogen and oxygen atoms in total. The fourth-order valence-corrected chi connectivity index (χ4v) is 5.40. The highest BCUT2D eigenvalue weighted by atomic mass is 16.6. The largest absolute Gasteiger partial charge is 0.457 e. The molecule has 0 amide bonds. The topological polar surface area (TPSA) is 72.8 Å². The zero-order chi connectivity index (χ0) is 17.4. The lowest BCUT2D eigenvalue weighted by atomic mass is 9.48. The maximum absolute atomic E-state index is 12.6. The van der Waals surface area contributed by atoms with E-state index in [9.17, 15) is 14.7 Å². The van der Waals surface area contributed by atoms with Crippen molar-refractivity contribution in [1.82, 2.24) is 0 Å². The van der Waals surface area contributed by atoms with Gasteiger partial charge >= 0.3 is 11.9 Å². The Morgan fingerprint density at radius 2 is 1.96 bits per heavy atom. The van der Waals surface area contributed by atoms with Crippen molar-refractivity contribution in [2.45, 2.75) is 58.8 Å². The minimum atomic E-state index is -0.680. The highest BCUT2D eigenvalue weighted by molar-refractivity contribution is 5.88. The van der Waals surface area contributed by atoms with Crippen LogP contribution in [0, 0.1) is 22.7 Å². The molecule has 0 aromatic heterocycles. The van der Waals surface area contributed by atoms with Crippen LogP contribution in [-0.2, 0) is 19.1 Å². The lowest BCUT2D eigenvalue weighted by molar-refractivity contribution is -0.149. The molecule has 130 valence electrons. The van der Waals surface area contributed by atoms with Gasteiger partial charge in [0.25, 0.3) is 0 Å². The van der Waals surface area contributed by atoms with E-state index in [2.05, 4.69) is 0 Å². The Hall–Kier alpha value is -1.62. The summed E-state index contributed by atoms with van der Waals surface area (Å²) in [5.74, 6) is -0.617. The van der Waals surface area contributed by atoms with Gasteiger partial charge in [-0.1, -0.05) is 20.8 Å². The highest BCUT2D eigenvalue weighted by Crippen LogP contribution is 2.64. The zero-order valence-corrected chi connectivity index (χ0v) is 14.5. The molecule has 5 heteroatoms. The third kappa shape index (κ3) is 1.74. The van der Waals surface area contributed by atoms with Crippen molar-refractivity contribution in [3.63, 3.8) is 0 Å². The molecular formula is C19H24O5. The van der Waals surface area contributed by atoms with Crippen LogP contribution < -0.4 is 0 Å². The second kappa shape index (κ2) is 4.72. The average molecular weight is 332 g/mol. The summed E-state index contributed by atoms with van der Waals surface area (Å²) < 4.78 is 11.2. The van der Waals surface area contributed by atoms with Crippen LogP contribution in [0.5, 0.6) is 0 Å². The van der Waals surface area contributed by atoms with Crippen molar-refractivity contribution >= 4 is 11.9 Å². The molecule has 0 radical (unpaired) electrons. The number of rotatable bonds is 1. The van der Waals surface area contributed by atoms with Crippen molar-refractivity contribution < 1.29 is 24.2 Å². The fourth-order valence-electron chi connectivity index (χ4n) is 5.40. The third-order valence-corrected chi connectivity index (χ3v) is 6.65. The van der Waals surface area contributed by atoms with E-state index in [1.54, 1.807) is 0 Å². The first kappa shape index (κ1) is 15.9. The van der Waals surface area contributed by atoms with E-state index < -0.39 is 16.9 Å². The van der Waals surface area contributed by atoms with E-state index in [0.29, 0.717) is 12.8 Å². The number of hydrogen-bond donors (Lipinski definition) is 1. The number of cyclic esters (lactones) is 1. The molecule has 2 heterocycles. The van der Waals surface area contributed by atoms with Gasteiger partial charge in [0.1, 0.15) is 12.2 Å². The van der Waals surface area contributed by atoms with Crippen LogP contribution in [0.15, 0.2) is 23.3 Å². The molecule has 0 spiro atoms. The molecule has 0 bridgehead atoms. The fraction of sp³-hybridized carbons (Fsp3) is 0.684. The normalized spacial score (nSPS) is 46.6. The molecule has 24 heavy (non-hydrogen) atoms. The zero-order valence-electron chi connectivity index (χ0n) is 14.5. The minimum absolute atomic E-state index is 0.105. The molecule has 4 aliphatic rings. The van der Waals surface area contributed by atoms with Gasteiger partial charge in [0.2, 0.25) is 0 Å². The summed E-state index contributed by atoms with van der Waals surface area (Å²) in [7, 11) is 0. The molecule has 0 aromatic rings. The molecule has 1 N–H and O–H groups in total. The minimum Gasteiger partial charge on any atom is -0.457 e. The van der Waals surface area contributed by atoms with Gasteiger partial charge in [0.05, 0.1) is 11.5 Å². The summed E-state index contributed by atoms with van der Waals surface area (Å²) in [4.78, 5) is 24.7. The van der Waals surface area contributed by atoms with Gasteiger partial charge in [0.15, 0.2) is 0 Å². The highest BCUT2D eigenvalue weighted by Gasteiger charge is 2.68. The quantitative estimate of drug-likeness (QED) is 0.745. The number of hydrogen-bond acceptors (Lipinski definition) is 5. The van der Waals surface area contributed by atoms with E-state index in [0.717, 1.165) is 11.1 Å². The summed E-state index contributed by atoms with van der Waals surface area (Å²) in [6.45, 7) is 7.91. The summed E-state index contributed by atoms with van der Waals surface area (Å²) >= 11 is 0. The molecule has 1 saturated heterocycles. The number of fused-ring (bicyclic) bond motifs is 2. The van der Waals surface area contributed by atoms with Gasteiger partial charge in [0, 0.05) is 17.4 Å². The SMILES string of the molecule is CC(C)C1OC(=O)C=C2C1=C[C@H]1OC(=O)[C@@]3(C)CC[C@@H](O)[C@@]2(C)C13. The molecule has 0 aromatic carbocycles. The first-order chi connectivity index (χ1) is 11.2. The molecule has 1 saturated carbocycles. The van der Waals surface area contributed by atoms with E-state index >= 15 is 0 Å². The Morgan fingerprint density at radius 1 is 1.25 bits per heavy atom. The molecule has 2 aliphatic carbocycles. The number of aliphatic hydroxyl groups is 1. The number of aliphatic hydroxyl groups excluding tert-OH is 1. The predicted octanol–water partition coefficient (Wildman–Crippen LogP) is 2.14. The summed E-state index contributed by atoms with van der Waals surface area (Å²) in [5, 5.41) is 10.9. The monoisotopic (exact) mass is 332 g/mol. The molecule has 2 aliphatic heterocycles. The van der Waals surface area contributed by atoms with Crippen LogP contribution in [0.2, 0.25) is 0 Å². The number of carbonyl (C=O) groups excluding carboxylic acids is 2. The van der Waals surface area contributed by atoms with Crippen LogP contribution >= 0.6 is 0 Å². The van der Waals surface area contributed by atoms with E-state index in [1.165, 1.54) is 6.08 Å². The van der Waals surface area contributed by atoms with Gasteiger partial charge in [-0.05, 0) is 42.9 Å². The Morgan fingerprint density at radius 3 is 2.62 bits per heavy atom. The first-order valence-electron chi connectivity index (χ1n) is 8.73. The Bertz CT molecular complexity index is 690. The van der Waals surface area contributed by atoms with Gasteiger partial charge in [-0.2, -0.15) is 0 Å². The van der Waals surface area contributed by atoms with Gasteiger partial charge in [-0.3, -0.25) is 4.79 Å². The predicted molar refractivity (Wildman–Crippen MR) is 85.7 cm³/mol. The van der Waals surface area contributed by atoms with Crippen molar-refractivity contribution in [1.29, 1.82) is 0 Å². The van der Waals surface area contributed by atoms with Gasteiger partial charge in [-0.15, -0.1) is 0 Å². The molecule has 6 atom stereocenters. The molecular weight excluding hydrogens is 308 g/mol. The second-order valence-electron chi connectivity index (χ2n) is 8.38. The number of ether oxygens (including phenoxy) is 2. The molecule has 2 unspecified atom stereocenters. The van der Waals surface area contributed by atoms with Crippen molar-refractivity contribution in [3.8, 4) is 0 Å².